The molecule has 0 aromatic heterocycles. The van der Waals surface area contributed by atoms with Crippen LogP contribution in [0, 0.1) is 27.7 Å². The number of rotatable bonds is 6. The van der Waals surface area contributed by atoms with Crippen molar-refractivity contribution in [2.24, 2.45) is 5.73 Å². The van der Waals surface area contributed by atoms with E-state index in [2.05, 4.69) is 0 Å². The zero-order valence-corrected chi connectivity index (χ0v) is 17.7. The molecule has 0 spiro atoms. The average molecular weight is 398 g/mol. The lowest BCUT2D eigenvalue weighted by Crippen LogP contribution is -2.51. The highest BCUT2D eigenvalue weighted by atomic mass is 32.2. The Kier molecular flexibility index (Phi) is 7.02. The lowest BCUT2D eigenvalue weighted by Gasteiger charge is -2.35. The number of carbonyl (C=O) groups is 1. The number of aryl methyl sites for hydroxylation is 2. The predicted molar refractivity (Wildman–Crippen MR) is 105 cm³/mol. The summed E-state index contributed by atoms with van der Waals surface area (Å²) in [6.07, 6.45) is -0.0884. The first-order valence-corrected chi connectivity index (χ1v) is 10.7. The number of amides is 1. The van der Waals surface area contributed by atoms with E-state index in [1.165, 1.54) is 11.4 Å². The van der Waals surface area contributed by atoms with Gasteiger partial charge in [-0.2, -0.15) is 4.31 Å². The third kappa shape index (κ3) is 4.51. The maximum atomic E-state index is 13.3. The Morgan fingerprint density at radius 2 is 1.63 bits per heavy atom. The third-order valence-electron chi connectivity index (χ3n) is 5.48. The monoisotopic (exact) mass is 397 g/mol. The summed E-state index contributed by atoms with van der Waals surface area (Å²) in [7, 11) is -2.07. The quantitative estimate of drug-likeness (QED) is 0.776. The maximum Gasteiger partial charge on any atom is 0.243 e. The molecule has 1 atom stereocenters. The Morgan fingerprint density at radius 3 is 2.07 bits per heavy atom. The van der Waals surface area contributed by atoms with Crippen molar-refractivity contribution >= 4 is 15.9 Å². The molecule has 1 aromatic rings. The fourth-order valence-electron chi connectivity index (χ4n) is 3.46. The van der Waals surface area contributed by atoms with Gasteiger partial charge in [0, 0.05) is 39.8 Å². The van der Waals surface area contributed by atoms with Crippen molar-refractivity contribution in [2.45, 2.75) is 45.1 Å². The Morgan fingerprint density at radius 1 is 1.11 bits per heavy atom. The number of sulfonamides is 1. The van der Waals surface area contributed by atoms with Crippen LogP contribution in [0.4, 0.5) is 0 Å². The molecular weight excluding hydrogens is 366 g/mol. The van der Waals surface area contributed by atoms with Gasteiger partial charge in [-0.1, -0.05) is 6.07 Å². The molecule has 152 valence electrons. The zero-order chi connectivity index (χ0) is 20.4. The summed E-state index contributed by atoms with van der Waals surface area (Å²) >= 11 is 0. The van der Waals surface area contributed by atoms with Crippen molar-refractivity contribution < 1.29 is 17.9 Å². The number of nitrogens with two attached hydrogens (primary N) is 1. The molecule has 1 aliphatic heterocycles. The van der Waals surface area contributed by atoms with Crippen LogP contribution in [0.5, 0.6) is 0 Å². The molecule has 1 fully saturated rings. The molecule has 0 aliphatic carbocycles. The second kappa shape index (κ2) is 8.68. The minimum absolute atomic E-state index is 0.0527. The summed E-state index contributed by atoms with van der Waals surface area (Å²) in [6, 6.07) is 2.02. The first-order chi connectivity index (χ1) is 12.6. The van der Waals surface area contributed by atoms with E-state index in [9.17, 15) is 13.2 Å². The highest BCUT2D eigenvalue weighted by Gasteiger charge is 2.33. The summed E-state index contributed by atoms with van der Waals surface area (Å²) in [5, 5.41) is 0. The Labute approximate surface area is 162 Å². The summed E-state index contributed by atoms with van der Waals surface area (Å²) < 4.78 is 33.2. The molecule has 0 radical (unpaired) electrons. The average Bonchev–Trinajstić information content (AvgIpc) is 2.64. The normalized spacial score (nSPS) is 17.2. The van der Waals surface area contributed by atoms with E-state index in [0.717, 1.165) is 22.3 Å². The second-order valence-corrected chi connectivity index (χ2v) is 9.05. The fourth-order valence-corrected chi connectivity index (χ4v) is 5.46. The third-order valence-corrected chi connectivity index (χ3v) is 7.66. The van der Waals surface area contributed by atoms with E-state index >= 15 is 0 Å². The van der Waals surface area contributed by atoms with E-state index < -0.39 is 10.0 Å². The minimum atomic E-state index is -3.60. The van der Waals surface area contributed by atoms with Crippen molar-refractivity contribution in [1.29, 1.82) is 0 Å². The molecule has 1 heterocycles. The second-order valence-electron chi connectivity index (χ2n) is 7.17. The van der Waals surface area contributed by atoms with Crippen molar-refractivity contribution in [3.8, 4) is 0 Å². The zero-order valence-electron chi connectivity index (χ0n) is 16.9. The number of nitrogens with zero attached hydrogens (tertiary/aromatic N) is 2. The van der Waals surface area contributed by atoms with Gasteiger partial charge in [0.15, 0.2) is 0 Å². The molecule has 7 nitrogen and oxygen atoms in total. The van der Waals surface area contributed by atoms with E-state index in [0.29, 0.717) is 31.1 Å². The number of hydrogen-bond donors (Lipinski definition) is 1. The molecule has 27 heavy (non-hydrogen) atoms. The van der Waals surface area contributed by atoms with Crippen LogP contribution in [-0.2, 0) is 19.6 Å². The van der Waals surface area contributed by atoms with Gasteiger partial charge in [-0.25, -0.2) is 8.42 Å². The molecule has 1 aromatic carbocycles. The highest BCUT2D eigenvalue weighted by molar-refractivity contribution is 7.89. The van der Waals surface area contributed by atoms with Crippen LogP contribution < -0.4 is 5.73 Å². The molecule has 1 unspecified atom stereocenters. The lowest BCUT2D eigenvalue weighted by molar-refractivity contribution is -0.134. The number of piperazine rings is 1. The number of hydrogen-bond acceptors (Lipinski definition) is 5. The fraction of sp³-hybridized carbons (Fsp3) is 0.632. The van der Waals surface area contributed by atoms with Crippen molar-refractivity contribution in [3.63, 3.8) is 0 Å². The number of benzene rings is 1. The van der Waals surface area contributed by atoms with Gasteiger partial charge >= 0.3 is 0 Å². The maximum absolute atomic E-state index is 13.3. The van der Waals surface area contributed by atoms with Crippen LogP contribution in [0.3, 0.4) is 0 Å². The SMILES string of the molecule is COC(CN)CC(=O)N1CCN(S(=O)(=O)c2c(C)c(C)cc(C)c2C)CC1. The predicted octanol–water partition coefficient (Wildman–Crippen LogP) is 1.12. The van der Waals surface area contributed by atoms with Crippen LogP contribution in [0.1, 0.15) is 28.7 Å². The summed E-state index contributed by atoms with van der Waals surface area (Å²) in [5.74, 6) is -0.0527. The Hall–Kier alpha value is -1.48. The first kappa shape index (κ1) is 21.8. The van der Waals surface area contributed by atoms with Gasteiger partial charge in [0.1, 0.15) is 0 Å². The molecular formula is C19H31N3O4S. The van der Waals surface area contributed by atoms with E-state index in [-0.39, 0.29) is 25.0 Å². The molecule has 2 rings (SSSR count). The minimum Gasteiger partial charge on any atom is -0.380 e. The summed E-state index contributed by atoms with van der Waals surface area (Å²) in [4.78, 5) is 14.5. The molecule has 0 saturated carbocycles. The number of carbonyl (C=O) groups excluding carboxylic acids is 1. The molecule has 2 N–H and O–H groups in total. The summed E-state index contributed by atoms with van der Waals surface area (Å²) in [6.45, 7) is 9.19. The molecule has 1 amide bonds. The molecule has 1 aliphatic rings. The van der Waals surface area contributed by atoms with Crippen LogP contribution in [0.25, 0.3) is 0 Å². The summed E-state index contributed by atoms with van der Waals surface area (Å²) in [5.41, 5.74) is 9.10. The highest BCUT2D eigenvalue weighted by Crippen LogP contribution is 2.29. The van der Waals surface area contributed by atoms with Gasteiger partial charge in [-0.05, 0) is 49.9 Å². The smallest absolute Gasteiger partial charge is 0.243 e. The van der Waals surface area contributed by atoms with Crippen LogP contribution >= 0.6 is 0 Å². The van der Waals surface area contributed by atoms with Crippen molar-refractivity contribution in [1.82, 2.24) is 9.21 Å². The van der Waals surface area contributed by atoms with Crippen LogP contribution in [-0.4, -0.2) is 69.5 Å². The van der Waals surface area contributed by atoms with E-state index in [1.54, 1.807) is 4.90 Å². The standard InChI is InChI=1S/C19H31N3O4S/c1-13-10-14(2)16(4)19(15(13)3)27(24,25)22-8-6-21(7-9-22)18(23)11-17(12-20)26-5/h10,17H,6-9,11-12,20H2,1-5H3. The molecule has 1 saturated heterocycles. The number of methoxy groups -OCH3 is 1. The number of ether oxygens (including phenoxy) is 1. The van der Waals surface area contributed by atoms with E-state index in [4.69, 9.17) is 10.5 Å². The lowest BCUT2D eigenvalue weighted by atomic mass is 10.0. The van der Waals surface area contributed by atoms with Crippen LogP contribution in [0.2, 0.25) is 0 Å². The molecule has 0 bridgehead atoms. The van der Waals surface area contributed by atoms with Crippen LogP contribution in [0.15, 0.2) is 11.0 Å². The van der Waals surface area contributed by atoms with Crippen molar-refractivity contribution in [3.05, 3.63) is 28.3 Å². The van der Waals surface area contributed by atoms with Gasteiger partial charge in [0.2, 0.25) is 15.9 Å². The van der Waals surface area contributed by atoms with Crippen molar-refractivity contribution in [2.75, 3.05) is 39.8 Å². The Bertz CT molecular complexity index is 769. The van der Waals surface area contributed by atoms with Gasteiger partial charge < -0.3 is 15.4 Å². The Balaban J connectivity index is 2.15. The van der Waals surface area contributed by atoms with Gasteiger partial charge in [0.05, 0.1) is 17.4 Å². The van der Waals surface area contributed by atoms with Gasteiger partial charge in [-0.3, -0.25) is 4.79 Å². The van der Waals surface area contributed by atoms with Gasteiger partial charge in [0.25, 0.3) is 0 Å². The van der Waals surface area contributed by atoms with E-state index in [1.807, 2.05) is 33.8 Å². The largest absolute Gasteiger partial charge is 0.380 e. The van der Waals surface area contributed by atoms with Gasteiger partial charge in [-0.15, -0.1) is 0 Å². The molecule has 8 heteroatoms. The topological polar surface area (TPSA) is 92.9 Å². The first-order valence-electron chi connectivity index (χ1n) is 9.21.